The van der Waals surface area contributed by atoms with Crippen LogP contribution in [0.2, 0.25) is 0 Å². The van der Waals surface area contributed by atoms with Crippen LogP contribution in [0.3, 0.4) is 0 Å². The Hall–Kier alpha value is -1.84. The van der Waals surface area contributed by atoms with Crippen LogP contribution in [0.4, 0.5) is 0 Å². The van der Waals surface area contributed by atoms with E-state index in [9.17, 15) is 5.26 Å². The molecule has 1 aliphatic heterocycles. The second-order valence-corrected chi connectivity index (χ2v) is 4.63. The summed E-state index contributed by atoms with van der Waals surface area (Å²) >= 11 is 0. The lowest BCUT2D eigenvalue weighted by Crippen LogP contribution is -2.37. The minimum atomic E-state index is -0.223. The first-order valence-corrected chi connectivity index (χ1v) is 5.89. The fourth-order valence-corrected chi connectivity index (χ4v) is 2.32. The van der Waals surface area contributed by atoms with Crippen molar-refractivity contribution in [3.05, 3.63) is 35.4 Å². The molecule has 0 amide bonds. The summed E-state index contributed by atoms with van der Waals surface area (Å²) in [4.78, 5) is 0. The summed E-state index contributed by atoms with van der Waals surface area (Å²) in [5, 5.41) is 21.4. The summed E-state index contributed by atoms with van der Waals surface area (Å²) in [7, 11) is 0. The molecule has 0 bridgehead atoms. The third-order valence-electron chi connectivity index (χ3n) is 3.42. The highest BCUT2D eigenvalue weighted by atomic mass is 14.9. The quantitative estimate of drug-likeness (QED) is 0.837. The number of nitrogens with one attached hydrogen (secondary N) is 1. The van der Waals surface area contributed by atoms with E-state index in [4.69, 9.17) is 5.26 Å². The summed E-state index contributed by atoms with van der Waals surface area (Å²) in [5.41, 5.74) is 1.59. The molecule has 0 saturated carbocycles. The van der Waals surface area contributed by atoms with Crippen molar-refractivity contribution in [2.24, 2.45) is 5.41 Å². The molecule has 0 aliphatic carbocycles. The molecule has 1 aromatic rings. The van der Waals surface area contributed by atoms with Gasteiger partial charge in [0.1, 0.15) is 0 Å². The van der Waals surface area contributed by atoms with Crippen LogP contribution in [0.15, 0.2) is 24.3 Å². The number of hydrogen-bond donors (Lipinski definition) is 1. The van der Waals surface area contributed by atoms with Crippen molar-refractivity contribution >= 4 is 0 Å². The molecule has 86 valence electrons. The van der Waals surface area contributed by atoms with Gasteiger partial charge in [0.05, 0.1) is 23.1 Å². The Balaban J connectivity index is 2.13. The highest BCUT2D eigenvalue weighted by Crippen LogP contribution is 2.32. The Bertz CT molecular complexity index is 456. The van der Waals surface area contributed by atoms with Gasteiger partial charge in [0.2, 0.25) is 0 Å². The highest BCUT2D eigenvalue weighted by molar-refractivity contribution is 5.32. The molecule has 0 spiro atoms. The van der Waals surface area contributed by atoms with Crippen LogP contribution in [0, 0.1) is 28.1 Å². The summed E-state index contributed by atoms with van der Waals surface area (Å²) < 4.78 is 0. The van der Waals surface area contributed by atoms with E-state index in [2.05, 4.69) is 17.5 Å². The molecule has 0 radical (unpaired) electrons. The van der Waals surface area contributed by atoms with Crippen molar-refractivity contribution in [2.75, 3.05) is 13.1 Å². The molecule has 3 nitrogen and oxygen atoms in total. The number of rotatable bonds is 2. The molecular formula is C14H15N3. The number of benzene rings is 1. The number of nitriles is 2. The van der Waals surface area contributed by atoms with E-state index >= 15 is 0 Å². The number of hydrogen-bond acceptors (Lipinski definition) is 3. The molecule has 1 heterocycles. The minimum Gasteiger partial charge on any atom is -0.317 e. The molecule has 1 fully saturated rings. The zero-order valence-electron chi connectivity index (χ0n) is 9.74. The van der Waals surface area contributed by atoms with Gasteiger partial charge in [-0.25, -0.2) is 0 Å². The van der Waals surface area contributed by atoms with Crippen molar-refractivity contribution < 1.29 is 0 Å². The molecule has 1 aliphatic rings. The van der Waals surface area contributed by atoms with E-state index in [1.54, 1.807) is 0 Å². The van der Waals surface area contributed by atoms with E-state index in [0.717, 1.165) is 37.9 Å². The summed E-state index contributed by atoms with van der Waals surface area (Å²) in [6.07, 6.45) is 2.60. The lowest BCUT2D eigenvalue weighted by molar-refractivity contribution is 0.280. The third kappa shape index (κ3) is 2.64. The van der Waals surface area contributed by atoms with Gasteiger partial charge in [0, 0.05) is 0 Å². The molecule has 2 rings (SSSR count). The number of nitrogens with zero attached hydrogens (tertiary/aromatic N) is 2. The van der Waals surface area contributed by atoms with Crippen molar-refractivity contribution in [3.63, 3.8) is 0 Å². The third-order valence-corrected chi connectivity index (χ3v) is 3.42. The van der Waals surface area contributed by atoms with Crippen molar-refractivity contribution in [1.82, 2.24) is 5.32 Å². The van der Waals surface area contributed by atoms with Gasteiger partial charge in [-0.05, 0) is 50.0 Å². The highest BCUT2D eigenvalue weighted by Gasteiger charge is 2.31. The molecule has 0 unspecified atom stereocenters. The SMILES string of the molecule is N#Cc1ccc(CC2(C#N)CCNCC2)cc1. The van der Waals surface area contributed by atoms with E-state index < -0.39 is 0 Å². The van der Waals surface area contributed by atoms with E-state index in [0.29, 0.717) is 5.56 Å². The molecule has 0 atom stereocenters. The largest absolute Gasteiger partial charge is 0.317 e. The second kappa shape index (κ2) is 4.99. The first-order valence-electron chi connectivity index (χ1n) is 5.89. The number of piperidine rings is 1. The van der Waals surface area contributed by atoms with Gasteiger partial charge in [-0.2, -0.15) is 10.5 Å². The van der Waals surface area contributed by atoms with Crippen molar-refractivity contribution in [1.29, 1.82) is 10.5 Å². The Morgan fingerprint density at radius 1 is 1.12 bits per heavy atom. The average Bonchev–Trinajstić information content (AvgIpc) is 2.41. The van der Waals surface area contributed by atoms with Gasteiger partial charge in [-0.15, -0.1) is 0 Å². The second-order valence-electron chi connectivity index (χ2n) is 4.63. The maximum absolute atomic E-state index is 9.37. The van der Waals surface area contributed by atoms with Crippen LogP contribution < -0.4 is 5.32 Å². The molecule has 1 aromatic carbocycles. The summed E-state index contributed by atoms with van der Waals surface area (Å²) in [6.45, 7) is 1.84. The first-order chi connectivity index (χ1) is 8.28. The van der Waals surface area contributed by atoms with Gasteiger partial charge in [0.15, 0.2) is 0 Å². The van der Waals surface area contributed by atoms with E-state index in [-0.39, 0.29) is 5.41 Å². The zero-order chi connectivity index (χ0) is 12.1. The van der Waals surface area contributed by atoms with Crippen LogP contribution in [0.25, 0.3) is 0 Å². The molecule has 1 saturated heterocycles. The molecule has 0 aromatic heterocycles. The Morgan fingerprint density at radius 3 is 2.29 bits per heavy atom. The summed E-state index contributed by atoms with van der Waals surface area (Å²) in [5.74, 6) is 0. The van der Waals surface area contributed by atoms with Gasteiger partial charge >= 0.3 is 0 Å². The predicted octanol–water partition coefficient (Wildman–Crippen LogP) is 1.99. The fraction of sp³-hybridized carbons (Fsp3) is 0.429. The Labute approximate surface area is 102 Å². The zero-order valence-corrected chi connectivity index (χ0v) is 9.74. The minimum absolute atomic E-state index is 0.223. The average molecular weight is 225 g/mol. The predicted molar refractivity (Wildman–Crippen MR) is 65.0 cm³/mol. The van der Waals surface area contributed by atoms with E-state index in [1.807, 2.05) is 24.3 Å². The first kappa shape index (κ1) is 11.6. The monoisotopic (exact) mass is 225 g/mol. The molecule has 3 heteroatoms. The van der Waals surface area contributed by atoms with E-state index in [1.165, 1.54) is 0 Å². The van der Waals surface area contributed by atoms with Crippen LogP contribution >= 0.6 is 0 Å². The topological polar surface area (TPSA) is 59.6 Å². The van der Waals surface area contributed by atoms with Crippen LogP contribution in [0.1, 0.15) is 24.0 Å². The van der Waals surface area contributed by atoms with Gasteiger partial charge in [0.25, 0.3) is 0 Å². The molecular weight excluding hydrogens is 210 g/mol. The standard InChI is InChI=1S/C14H15N3/c15-10-13-3-1-12(2-4-13)9-14(11-16)5-7-17-8-6-14/h1-4,17H,5-9H2. The fourth-order valence-electron chi connectivity index (χ4n) is 2.32. The lowest BCUT2D eigenvalue weighted by Gasteiger charge is -2.31. The maximum atomic E-state index is 9.37. The van der Waals surface area contributed by atoms with Gasteiger partial charge < -0.3 is 5.32 Å². The van der Waals surface area contributed by atoms with Gasteiger partial charge in [-0.1, -0.05) is 12.1 Å². The Morgan fingerprint density at radius 2 is 1.76 bits per heavy atom. The summed E-state index contributed by atoms with van der Waals surface area (Å²) in [6, 6.07) is 12.2. The molecule has 17 heavy (non-hydrogen) atoms. The molecule has 1 N–H and O–H groups in total. The van der Waals surface area contributed by atoms with Crippen molar-refractivity contribution in [3.8, 4) is 12.1 Å². The van der Waals surface area contributed by atoms with Crippen LogP contribution in [-0.4, -0.2) is 13.1 Å². The van der Waals surface area contributed by atoms with Gasteiger partial charge in [-0.3, -0.25) is 0 Å². The normalized spacial score (nSPS) is 18.0. The van der Waals surface area contributed by atoms with Crippen LogP contribution in [0.5, 0.6) is 0 Å². The maximum Gasteiger partial charge on any atom is 0.0991 e. The lowest BCUT2D eigenvalue weighted by atomic mass is 9.75. The van der Waals surface area contributed by atoms with Crippen LogP contribution in [-0.2, 0) is 6.42 Å². The smallest absolute Gasteiger partial charge is 0.0991 e. The van der Waals surface area contributed by atoms with Crippen molar-refractivity contribution in [2.45, 2.75) is 19.3 Å². The Kier molecular flexibility index (Phi) is 3.42.